The molecule has 3 aromatic carbocycles. The Morgan fingerprint density at radius 2 is 1.87 bits per heavy atom. The van der Waals surface area contributed by atoms with Crippen LogP contribution in [-0.4, -0.2) is 35.0 Å². The topological polar surface area (TPSA) is 94.8 Å². The van der Waals surface area contributed by atoms with E-state index in [-0.39, 0.29) is 28.8 Å². The van der Waals surface area contributed by atoms with Gasteiger partial charge in [-0.25, -0.2) is 4.98 Å². The van der Waals surface area contributed by atoms with Crippen molar-refractivity contribution < 1.29 is 14.3 Å². The number of aryl methyl sites for hydroxylation is 1. The van der Waals surface area contributed by atoms with E-state index in [1.54, 1.807) is 48.5 Å². The average Bonchev–Trinajstić information content (AvgIpc) is 2.89. The highest BCUT2D eigenvalue weighted by Gasteiger charge is 2.15. The molecular formula is C27H23BrCl2N4O4. The Kier molecular flexibility index (Phi) is 9.04. The average molecular weight is 618 g/mol. The number of amides is 1. The highest BCUT2D eigenvalue weighted by atomic mass is 79.9. The van der Waals surface area contributed by atoms with Gasteiger partial charge in [0, 0.05) is 21.6 Å². The zero-order chi connectivity index (χ0) is 27.2. The first-order valence-electron chi connectivity index (χ1n) is 11.7. The molecule has 38 heavy (non-hydrogen) atoms. The van der Waals surface area contributed by atoms with E-state index in [9.17, 15) is 9.59 Å². The number of fused-ring (bicyclic) bond motifs is 1. The van der Waals surface area contributed by atoms with Crippen molar-refractivity contribution in [1.82, 2.24) is 9.66 Å². The van der Waals surface area contributed by atoms with Gasteiger partial charge >= 0.3 is 0 Å². The maximum absolute atomic E-state index is 13.1. The third kappa shape index (κ3) is 6.53. The van der Waals surface area contributed by atoms with E-state index < -0.39 is 0 Å². The molecule has 1 heterocycles. The molecule has 0 aliphatic heterocycles. The van der Waals surface area contributed by atoms with Crippen LogP contribution >= 0.6 is 39.1 Å². The van der Waals surface area contributed by atoms with Crippen molar-refractivity contribution >= 4 is 67.8 Å². The van der Waals surface area contributed by atoms with Crippen LogP contribution in [0, 0.1) is 0 Å². The lowest BCUT2D eigenvalue weighted by Crippen LogP contribution is -2.22. The summed E-state index contributed by atoms with van der Waals surface area (Å²) in [6, 6.07) is 15.3. The molecule has 0 aliphatic rings. The quantitative estimate of drug-likeness (QED) is 0.222. The number of carbonyl (C=O) groups is 1. The van der Waals surface area contributed by atoms with E-state index in [1.165, 1.54) is 10.9 Å². The summed E-state index contributed by atoms with van der Waals surface area (Å²) in [4.78, 5) is 30.1. The van der Waals surface area contributed by atoms with Crippen molar-refractivity contribution in [1.29, 1.82) is 0 Å². The van der Waals surface area contributed by atoms with Gasteiger partial charge < -0.3 is 14.8 Å². The SMILES string of the molecule is CCOc1cc(C=Nn2c(CC)nc3ccc(Br)cc3c2=O)cc(Cl)c1OCC(=O)Nc1ccc(Cl)cc1. The van der Waals surface area contributed by atoms with Crippen molar-refractivity contribution in [3.63, 3.8) is 0 Å². The standard InChI is InChI=1S/C27H23BrCl2N4O4/c1-3-24-33-22-10-5-17(28)13-20(22)27(36)34(24)31-14-16-11-21(30)26(23(12-16)37-4-2)38-15-25(35)32-19-8-6-18(29)7-9-19/h5-14H,3-4,15H2,1-2H3,(H,32,35). The predicted octanol–water partition coefficient (Wildman–Crippen LogP) is 6.33. The molecule has 0 fully saturated rings. The van der Waals surface area contributed by atoms with Gasteiger partial charge in [-0.05, 0) is 67.1 Å². The molecule has 0 bridgehead atoms. The fourth-order valence-electron chi connectivity index (χ4n) is 3.60. The second-order valence-corrected chi connectivity index (χ2v) is 9.77. The van der Waals surface area contributed by atoms with Crippen LogP contribution in [0.2, 0.25) is 10.0 Å². The van der Waals surface area contributed by atoms with E-state index in [2.05, 4.69) is 31.3 Å². The van der Waals surface area contributed by atoms with Crippen molar-refractivity contribution in [2.24, 2.45) is 5.10 Å². The zero-order valence-corrected chi connectivity index (χ0v) is 23.6. The summed E-state index contributed by atoms with van der Waals surface area (Å²) >= 11 is 15.8. The number of halogens is 3. The molecule has 0 spiro atoms. The normalized spacial score (nSPS) is 11.2. The number of rotatable bonds is 9. The summed E-state index contributed by atoms with van der Waals surface area (Å²) in [5.74, 6) is 0.701. The number of nitrogens with zero attached hydrogens (tertiary/aromatic N) is 3. The zero-order valence-electron chi connectivity index (χ0n) is 20.5. The Hall–Kier alpha value is -3.40. The lowest BCUT2D eigenvalue weighted by Gasteiger charge is -2.14. The molecular weight excluding hydrogens is 595 g/mol. The molecule has 196 valence electrons. The van der Waals surface area contributed by atoms with E-state index in [0.717, 1.165) is 4.47 Å². The van der Waals surface area contributed by atoms with Gasteiger partial charge in [0.05, 0.1) is 28.7 Å². The van der Waals surface area contributed by atoms with Crippen LogP contribution in [0.25, 0.3) is 10.9 Å². The molecule has 0 saturated carbocycles. The first-order valence-corrected chi connectivity index (χ1v) is 13.2. The first-order chi connectivity index (χ1) is 18.3. The van der Waals surface area contributed by atoms with Gasteiger partial charge in [0.25, 0.3) is 11.5 Å². The lowest BCUT2D eigenvalue weighted by molar-refractivity contribution is -0.118. The smallest absolute Gasteiger partial charge is 0.282 e. The van der Waals surface area contributed by atoms with Crippen LogP contribution in [0.15, 0.2) is 69.0 Å². The molecule has 11 heteroatoms. The van der Waals surface area contributed by atoms with Gasteiger partial charge in [-0.3, -0.25) is 9.59 Å². The number of hydrogen-bond donors (Lipinski definition) is 1. The van der Waals surface area contributed by atoms with Crippen LogP contribution in [0.5, 0.6) is 11.5 Å². The van der Waals surface area contributed by atoms with Gasteiger partial charge in [-0.1, -0.05) is 46.1 Å². The van der Waals surface area contributed by atoms with Crippen molar-refractivity contribution in [3.8, 4) is 11.5 Å². The molecule has 4 rings (SSSR count). The molecule has 0 radical (unpaired) electrons. The fraction of sp³-hybridized carbons (Fsp3) is 0.185. The number of anilines is 1. The second-order valence-electron chi connectivity index (χ2n) is 8.01. The number of carbonyl (C=O) groups excluding carboxylic acids is 1. The summed E-state index contributed by atoms with van der Waals surface area (Å²) in [5.41, 5.74) is 1.47. The van der Waals surface area contributed by atoms with Gasteiger partial charge in [0.2, 0.25) is 0 Å². The molecule has 1 amide bonds. The molecule has 0 atom stereocenters. The summed E-state index contributed by atoms with van der Waals surface area (Å²) < 4.78 is 13.5. The number of ether oxygens (including phenoxy) is 2. The minimum Gasteiger partial charge on any atom is -0.490 e. The Bertz CT molecular complexity index is 1570. The third-order valence-corrected chi connectivity index (χ3v) is 6.35. The van der Waals surface area contributed by atoms with Crippen LogP contribution in [0.4, 0.5) is 5.69 Å². The van der Waals surface area contributed by atoms with E-state index in [0.29, 0.717) is 51.8 Å². The summed E-state index contributed by atoms with van der Waals surface area (Å²) in [6.45, 7) is 3.77. The van der Waals surface area contributed by atoms with Gasteiger partial charge in [0.15, 0.2) is 18.1 Å². The fourth-order valence-corrected chi connectivity index (χ4v) is 4.36. The number of nitrogens with one attached hydrogen (secondary N) is 1. The Morgan fingerprint density at radius 1 is 1.11 bits per heavy atom. The predicted molar refractivity (Wildman–Crippen MR) is 154 cm³/mol. The van der Waals surface area contributed by atoms with Crippen LogP contribution in [0.1, 0.15) is 25.2 Å². The Labute approximate surface area is 237 Å². The molecule has 8 nitrogen and oxygen atoms in total. The van der Waals surface area contributed by atoms with E-state index in [1.807, 2.05) is 19.9 Å². The highest BCUT2D eigenvalue weighted by molar-refractivity contribution is 9.10. The van der Waals surface area contributed by atoms with Crippen LogP contribution in [0.3, 0.4) is 0 Å². The number of aromatic nitrogens is 2. The largest absolute Gasteiger partial charge is 0.490 e. The van der Waals surface area contributed by atoms with Crippen molar-refractivity contribution in [2.75, 3.05) is 18.5 Å². The van der Waals surface area contributed by atoms with Gasteiger partial charge in [-0.2, -0.15) is 9.78 Å². The summed E-state index contributed by atoms with van der Waals surface area (Å²) in [5, 5.41) is 8.36. The Balaban J connectivity index is 1.58. The minimum atomic E-state index is -0.376. The molecule has 4 aromatic rings. The van der Waals surface area contributed by atoms with Crippen LogP contribution < -0.4 is 20.3 Å². The highest BCUT2D eigenvalue weighted by Crippen LogP contribution is 2.36. The summed E-state index contributed by atoms with van der Waals surface area (Å²) in [7, 11) is 0. The molecule has 0 unspecified atom stereocenters. The molecule has 1 aromatic heterocycles. The summed E-state index contributed by atoms with van der Waals surface area (Å²) in [6.07, 6.45) is 2.01. The molecule has 0 saturated heterocycles. The number of hydrogen-bond acceptors (Lipinski definition) is 6. The van der Waals surface area contributed by atoms with E-state index >= 15 is 0 Å². The van der Waals surface area contributed by atoms with Gasteiger partial charge in [0.1, 0.15) is 5.82 Å². The van der Waals surface area contributed by atoms with Crippen LogP contribution in [-0.2, 0) is 11.2 Å². The van der Waals surface area contributed by atoms with Crippen molar-refractivity contribution in [3.05, 3.63) is 90.9 Å². The first kappa shape index (κ1) is 27.6. The Morgan fingerprint density at radius 3 is 2.58 bits per heavy atom. The van der Waals surface area contributed by atoms with E-state index in [4.69, 9.17) is 32.7 Å². The lowest BCUT2D eigenvalue weighted by atomic mass is 10.2. The maximum atomic E-state index is 13.1. The monoisotopic (exact) mass is 616 g/mol. The third-order valence-electron chi connectivity index (χ3n) is 5.32. The van der Waals surface area contributed by atoms with Gasteiger partial charge in [-0.15, -0.1) is 0 Å². The maximum Gasteiger partial charge on any atom is 0.282 e. The van der Waals surface area contributed by atoms with Crippen molar-refractivity contribution in [2.45, 2.75) is 20.3 Å². The minimum absolute atomic E-state index is 0.223. The second kappa shape index (κ2) is 12.4. The number of benzene rings is 3. The molecule has 0 aliphatic carbocycles. The molecule has 1 N–H and O–H groups in total.